The molecule has 1 spiro atoms. The number of aromatic carboxylic acids is 1. The Morgan fingerprint density at radius 2 is 1.66 bits per heavy atom. The summed E-state index contributed by atoms with van der Waals surface area (Å²) < 4.78 is 39.2. The van der Waals surface area contributed by atoms with E-state index in [9.17, 15) is 22.8 Å². The van der Waals surface area contributed by atoms with Gasteiger partial charge in [0.2, 0.25) is 0 Å². The van der Waals surface area contributed by atoms with Crippen molar-refractivity contribution in [2.75, 3.05) is 11.4 Å². The molecule has 1 aliphatic heterocycles. The molecule has 2 aliphatic rings. The summed E-state index contributed by atoms with van der Waals surface area (Å²) in [4.78, 5) is 26.9. The minimum absolute atomic E-state index is 0.0597. The first-order chi connectivity index (χ1) is 18.1. The summed E-state index contributed by atoms with van der Waals surface area (Å²) in [7, 11) is 0. The van der Waals surface area contributed by atoms with Gasteiger partial charge in [-0.3, -0.25) is 4.79 Å². The van der Waals surface area contributed by atoms with Crippen molar-refractivity contribution in [3.63, 3.8) is 0 Å². The number of fused-ring (bicyclic) bond motifs is 2. The third kappa shape index (κ3) is 4.87. The van der Waals surface area contributed by atoms with Gasteiger partial charge in [-0.05, 0) is 66.8 Å². The van der Waals surface area contributed by atoms with Gasteiger partial charge in [-0.25, -0.2) is 4.79 Å². The molecule has 1 heterocycles. The van der Waals surface area contributed by atoms with Crippen LogP contribution < -0.4 is 10.2 Å². The van der Waals surface area contributed by atoms with Crippen LogP contribution >= 0.6 is 0 Å². The number of para-hydroxylation sites is 1. The van der Waals surface area contributed by atoms with Crippen LogP contribution in [0.4, 0.5) is 18.9 Å². The number of hydrogen-bond acceptors (Lipinski definition) is 3. The number of amides is 1. The van der Waals surface area contributed by atoms with Gasteiger partial charge in [-0.1, -0.05) is 49.2 Å². The lowest BCUT2D eigenvalue weighted by atomic mass is 9.80. The highest BCUT2D eigenvalue weighted by Crippen LogP contribution is 2.52. The number of carboxylic acids is 1. The SMILES string of the molecule is C[C@H](NC(=O)c1cccc2c1N(Cc1ccc(C(F)(F)F)cc1)CC21CCCC1)c1ccc(C(=O)O)cc1. The third-order valence-corrected chi connectivity index (χ3v) is 7.88. The van der Waals surface area contributed by atoms with Crippen molar-refractivity contribution in [2.24, 2.45) is 0 Å². The van der Waals surface area contributed by atoms with Crippen LogP contribution in [-0.2, 0) is 18.1 Å². The average molecular weight is 523 g/mol. The number of nitrogens with one attached hydrogen (secondary N) is 1. The number of carbonyl (C=O) groups is 2. The quantitative estimate of drug-likeness (QED) is 0.377. The summed E-state index contributed by atoms with van der Waals surface area (Å²) in [6.07, 6.45) is -0.148. The maximum atomic E-state index is 13.6. The predicted octanol–water partition coefficient (Wildman–Crippen LogP) is 6.73. The Morgan fingerprint density at radius 1 is 1.00 bits per heavy atom. The van der Waals surface area contributed by atoms with Crippen molar-refractivity contribution < 1.29 is 27.9 Å². The summed E-state index contributed by atoms with van der Waals surface area (Å²) in [5.41, 5.74) is 3.48. The predicted molar refractivity (Wildman–Crippen MR) is 138 cm³/mol. The van der Waals surface area contributed by atoms with Gasteiger partial charge in [0.25, 0.3) is 5.91 Å². The average Bonchev–Trinajstić information content (AvgIpc) is 3.48. The summed E-state index contributed by atoms with van der Waals surface area (Å²) in [5.74, 6) is -1.26. The van der Waals surface area contributed by atoms with Crippen molar-refractivity contribution in [2.45, 2.75) is 56.8 Å². The molecule has 1 saturated carbocycles. The molecule has 0 aromatic heterocycles. The second-order valence-electron chi connectivity index (χ2n) is 10.4. The van der Waals surface area contributed by atoms with Crippen molar-refractivity contribution in [3.8, 4) is 0 Å². The van der Waals surface area contributed by atoms with Crippen LogP contribution in [0.2, 0.25) is 0 Å². The fourth-order valence-electron chi connectivity index (χ4n) is 5.93. The minimum atomic E-state index is -4.39. The highest BCUT2D eigenvalue weighted by molar-refractivity contribution is 6.01. The van der Waals surface area contributed by atoms with Crippen LogP contribution in [0, 0.1) is 0 Å². The molecule has 3 aromatic carbocycles. The fourth-order valence-corrected chi connectivity index (χ4v) is 5.93. The summed E-state index contributed by atoms with van der Waals surface area (Å²) in [5, 5.41) is 12.2. The topological polar surface area (TPSA) is 69.6 Å². The van der Waals surface area contributed by atoms with Crippen molar-refractivity contribution in [1.29, 1.82) is 0 Å². The number of carbonyl (C=O) groups excluding carboxylic acids is 1. The first-order valence-electron chi connectivity index (χ1n) is 12.8. The molecule has 1 amide bonds. The molecule has 5 rings (SSSR count). The Balaban J connectivity index is 1.43. The van der Waals surface area contributed by atoms with Crippen LogP contribution in [0.25, 0.3) is 0 Å². The number of nitrogens with zero attached hydrogens (tertiary/aromatic N) is 1. The van der Waals surface area contributed by atoms with Gasteiger partial charge >= 0.3 is 12.1 Å². The lowest BCUT2D eigenvalue weighted by Crippen LogP contribution is -2.32. The van der Waals surface area contributed by atoms with E-state index < -0.39 is 17.7 Å². The van der Waals surface area contributed by atoms with E-state index in [1.54, 1.807) is 18.2 Å². The minimum Gasteiger partial charge on any atom is -0.478 e. The molecule has 198 valence electrons. The molecule has 0 unspecified atom stereocenters. The lowest BCUT2D eigenvalue weighted by molar-refractivity contribution is -0.137. The van der Waals surface area contributed by atoms with Gasteiger partial charge in [0, 0.05) is 18.5 Å². The lowest BCUT2D eigenvalue weighted by Gasteiger charge is -2.26. The molecule has 1 fully saturated rings. The molecule has 0 radical (unpaired) electrons. The Kier molecular flexibility index (Phi) is 6.67. The van der Waals surface area contributed by atoms with Crippen molar-refractivity contribution >= 4 is 17.6 Å². The van der Waals surface area contributed by atoms with Gasteiger partial charge in [0.1, 0.15) is 0 Å². The van der Waals surface area contributed by atoms with Crippen LogP contribution in [0.15, 0.2) is 66.7 Å². The van der Waals surface area contributed by atoms with Crippen LogP contribution in [-0.4, -0.2) is 23.5 Å². The van der Waals surface area contributed by atoms with Gasteiger partial charge in [-0.15, -0.1) is 0 Å². The van der Waals surface area contributed by atoms with E-state index in [1.807, 2.05) is 13.0 Å². The first kappa shape index (κ1) is 25.8. The third-order valence-electron chi connectivity index (χ3n) is 7.88. The monoisotopic (exact) mass is 522 g/mol. The maximum Gasteiger partial charge on any atom is 0.416 e. The zero-order valence-corrected chi connectivity index (χ0v) is 21.0. The zero-order valence-electron chi connectivity index (χ0n) is 21.0. The highest BCUT2D eigenvalue weighted by atomic mass is 19.4. The van der Waals surface area contributed by atoms with E-state index in [-0.39, 0.29) is 22.9 Å². The zero-order chi connectivity index (χ0) is 27.1. The summed E-state index contributed by atoms with van der Waals surface area (Å²) in [6, 6.07) is 17.0. The normalized spacial score (nSPS) is 16.9. The number of benzene rings is 3. The molecule has 8 heteroatoms. The molecule has 3 aromatic rings. The standard InChI is InChI=1S/C30H29F3N2O3/c1-19(21-9-11-22(12-10-21)28(37)38)34-27(36)24-5-4-6-25-26(24)35(18-29(25)15-2-3-16-29)17-20-7-13-23(14-8-20)30(31,32)33/h4-14,19H,2-3,15-18H2,1H3,(H,34,36)(H,37,38)/t19-/m0/s1. The Bertz CT molecular complexity index is 1340. The summed E-state index contributed by atoms with van der Waals surface area (Å²) >= 11 is 0. The molecule has 1 aliphatic carbocycles. The van der Waals surface area contributed by atoms with Crippen LogP contribution in [0.1, 0.15) is 81.6 Å². The van der Waals surface area contributed by atoms with E-state index in [4.69, 9.17) is 5.11 Å². The molecule has 1 atom stereocenters. The Morgan fingerprint density at radius 3 is 2.26 bits per heavy atom. The molecule has 0 saturated heterocycles. The number of anilines is 1. The van der Waals surface area contributed by atoms with Gasteiger partial charge in [-0.2, -0.15) is 13.2 Å². The molecule has 2 N–H and O–H groups in total. The number of hydrogen-bond donors (Lipinski definition) is 2. The second kappa shape index (κ2) is 9.82. The fraction of sp³-hybridized carbons (Fsp3) is 0.333. The van der Waals surface area contributed by atoms with Crippen LogP contribution in [0.5, 0.6) is 0 Å². The van der Waals surface area contributed by atoms with Gasteiger partial charge in [0.15, 0.2) is 0 Å². The first-order valence-corrected chi connectivity index (χ1v) is 12.8. The highest BCUT2D eigenvalue weighted by Gasteiger charge is 2.46. The Hall–Kier alpha value is -3.81. The number of alkyl halides is 3. The van der Waals surface area contributed by atoms with E-state index in [0.29, 0.717) is 12.1 Å². The molecule has 0 bridgehead atoms. The van der Waals surface area contributed by atoms with Crippen molar-refractivity contribution in [1.82, 2.24) is 5.32 Å². The van der Waals surface area contributed by atoms with Crippen LogP contribution in [0.3, 0.4) is 0 Å². The number of carboxylic acid groups (broad SMARTS) is 1. The molecule has 38 heavy (non-hydrogen) atoms. The maximum absolute atomic E-state index is 13.6. The number of rotatable bonds is 6. The van der Waals surface area contributed by atoms with E-state index >= 15 is 0 Å². The molecular formula is C30H29F3N2O3. The Labute approximate surface area is 219 Å². The molecule has 5 nitrogen and oxygen atoms in total. The smallest absolute Gasteiger partial charge is 0.416 e. The van der Waals surface area contributed by atoms with E-state index in [0.717, 1.165) is 66.7 Å². The number of halogens is 3. The van der Waals surface area contributed by atoms with E-state index in [1.165, 1.54) is 24.3 Å². The van der Waals surface area contributed by atoms with Gasteiger partial charge in [0.05, 0.1) is 28.4 Å². The van der Waals surface area contributed by atoms with Crippen molar-refractivity contribution in [3.05, 3.63) is 100 Å². The second-order valence-corrected chi connectivity index (χ2v) is 10.4. The van der Waals surface area contributed by atoms with Gasteiger partial charge < -0.3 is 15.3 Å². The largest absolute Gasteiger partial charge is 0.478 e. The van der Waals surface area contributed by atoms with E-state index in [2.05, 4.69) is 16.3 Å². The summed E-state index contributed by atoms with van der Waals surface area (Å²) in [6.45, 7) is 2.97. The molecular weight excluding hydrogens is 493 g/mol.